The van der Waals surface area contributed by atoms with Crippen molar-refractivity contribution in [2.45, 2.75) is 64.5 Å². The lowest BCUT2D eigenvalue weighted by molar-refractivity contribution is -0.128. The number of ketones is 1. The molecule has 1 saturated carbocycles. The van der Waals surface area contributed by atoms with Crippen molar-refractivity contribution in [3.8, 4) is 0 Å². The van der Waals surface area contributed by atoms with Crippen molar-refractivity contribution in [3.63, 3.8) is 0 Å². The molecule has 0 bridgehead atoms. The van der Waals surface area contributed by atoms with E-state index in [1.165, 1.54) is 4.90 Å². The lowest BCUT2D eigenvalue weighted by Gasteiger charge is -2.30. The summed E-state index contributed by atoms with van der Waals surface area (Å²) in [5, 5.41) is 0. The van der Waals surface area contributed by atoms with Gasteiger partial charge < -0.3 is 9.53 Å². The second kappa shape index (κ2) is 6.86. The Morgan fingerprint density at radius 3 is 2.42 bits per heavy atom. The van der Waals surface area contributed by atoms with Gasteiger partial charge in [-0.15, -0.1) is 0 Å². The van der Waals surface area contributed by atoms with Gasteiger partial charge in [-0.3, -0.25) is 4.79 Å². The quantitative estimate of drug-likeness (QED) is 0.822. The van der Waals surface area contributed by atoms with Crippen LogP contribution in [0, 0.1) is 11.8 Å². The second-order valence-electron chi connectivity index (χ2n) is 8.52. The molecule has 0 spiro atoms. The highest BCUT2D eigenvalue weighted by Gasteiger charge is 2.55. The molecule has 1 aliphatic heterocycles. The Hall–Kier alpha value is -2.17. The fraction of sp³-hybridized carbons (Fsp3) is 0.571. The highest BCUT2D eigenvalue weighted by Crippen LogP contribution is 2.51. The number of carbonyl (C=O) groups is 3. The molecule has 2 amide bonds. The molecule has 0 aromatic heterocycles. The molecule has 0 unspecified atom stereocenters. The molecular formula is C21H27NO4. The summed E-state index contributed by atoms with van der Waals surface area (Å²) in [6, 6.07) is 9.73. The Morgan fingerprint density at radius 1 is 1.19 bits per heavy atom. The van der Waals surface area contributed by atoms with Gasteiger partial charge in [0.05, 0.1) is 6.04 Å². The molecule has 2 fully saturated rings. The molecular weight excluding hydrogens is 330 g/mol. The number of hydrogen-bond donors (Lipinski definition) is 0. The van der Waals surface area contributed by atoms with Gasteiger partial charge >= 0.3 is 6.09 Å². The van der Waals surface area contributed by atoms with Crippen molar-refractivity contribution in [2.24, 2.45) is 11.8 Å². The maximum Gasteiger partial charge on any atom is 0.417 e. The number of amides is 2. The van der Waals surface area contributed by atoms with E-state index < -0.39 is 11.7 Å². The van der Waals surface area contributed by atoms with Crippen molar-refractivity contribution in [2.75, 3.05) is 0 Å². The fourth-order valence-corrected chi connectivity index (χ4v) is 4.51. The molecule has 5 heteroatoms. The van der Waals surface area contributed by atoms with Gasteiger partial charge in [0.2, 0.25) is 5.91 Å². The largest absolute Gasteiger partial charge is 0.443 e. The predicted octanol–water partition coefficient (Wildman–Crippen LogP) is 3.92. The van der Waals surface area contributed by atoms with Gasteiger partial charge in [0, 0.05) is 18.8 Å². The van der Waals surface area contributed by atoms with Crippen LogP contribution in [0.5, 0.6) is 0 Å². The zero-order valence-corrected chi connectivity index (χ0v) is 15.9. The molecule has 140 valence electrons. The minimum Gasteiger partial charge on any atom is -0.443 e. The Morgan fingerprint density at radius 2 is 1.85 bits per heavy atom. The van der Waals surface area contributed by atoms with Gasteiger partial charge in [-0.05, 0) is 51.5 Å². The van der Waals surface area contributed by atoms with Crippen molar-refractivity contribution in [1.29, 1.82) is 0 Å². The van der Waals surface area contributed by atoms with Gasteiger partial charge in [0.15, 0.2) is 0 Å². The minimum absolute atomic E-state index is 0.0177. The first-order valence-electron chi connectivity index (χ1n) is 9.27. The fourth-order valence-electron chi connectivity index (χ4n) is 4.51. The van der Waals surface area contributed by atoms with E-state index in [-0.39, 0.29) is 35.5 Å². The number of nitrogens with zero attached hydrogens (tertiary/aromatic N) is 1. The topological polar surface area (TPSA) is 63.7 Å². The van der Waals surface area contributed by atoms with E-state index in [0.29, 0.717) is 12.8 Å². The van der Waals surface area contributed by atoms with Crippen molar-refractivity contribution in [1.82, 2.24) is 4.90 Å². The molecule has 1 aromatic rings. The molecule has 0 radical (unpaired) electrons. The van der Waals surface area contributed by atoms with Crippen LogP contribution in [0.25, 0.3) is 0 Å². The first kappa shape index (κ1) is 18.6. The lowest BCUT2D eigenvalue weighted by atomic mass is 9.89. The van der Waals surface area contributed by atoms with E-state index in [9.17, 15) is 14.4 Å². The van der Waals surface area contributed by atoms with E-state index >= 15 is 0 Å². The average molecular weight is 357 g/mol. The molecule has 3 rings (SSSR count). The number of likely N-dealkylation sites (tertiary alicyclic amines) is 1. The van der Waals surface area contributed by atoms with E-state index in [1.807, 2.05) is 30.3 Å². The van der Waals surface area contributed by atoms with E-state index in [0.717, 1.165) is 12.0 Å². The molecule has 5 nitrogen and oxygen atoms in total. The molecule has 1 aliphatic carbocycles. The van der Waals surface area contributed by atoms with Crippen LogP contribution in [-0.2, 0) is 14.3 Å². The van der Waals surface area contributed by atoms with E-state index in [2.05, 4.69) is 0 Å². The Labute approximate surface area is 154 Å². The summed E-state index contributed by atoms with van der Waals surface area (Å²) in [6.07, 6.45) is 1.01. The van der Waals surface area contributed by atoms with Crippen LogP contribution in [0.4, 0.5) is 4.79 Å². The zero-order chi connectivity index (χ0) is 19.1. The van der Waals surface area contributed by atoms with Gasteiger partial charge in [0.1, 0.15) is 11.4 Å². The van der Waals surface area contributed by atoms with Gasteiger partial charge in [-0.25, -0.2) is 9.69 Å². The smallest absolute Gasteiger partial charge is 0.417 e. The highest BCUT2D eigenvalue weighted by atomic mass is 16.6. The molecule has 26 heavy (non-hydrogen) atoms. The van der Waals surface area contributed by atoms with Crippen LogP contribution in [-0.4, -0.2) is 34.3 Å². The van der Waals surface area contributed by atoms with E-state index in [4.69, 9.17) is 4.74 Å². The van der Waals surface area contributed by atoms with Crippen molar-refractivity contribution in [3.05, 3.63) is 35.9 Å². The minimum atomic E-state index is -0.658. The number of fused-ring (bicyclic) bond motifs is 1. The number of benzene rings is 1. The number of ether oxygens (including phenoxy) is 1. The SMILES string of the molecule is CC(=O)C[C@@H]1C[C@@H](c2ccccc2)[C@H]2[C@@H]1CC(=O)N2C(=O)OC(C)(C)C. The highest BCUT2D eigenvalue weighted by molar-refractivity contribution is 5.95. The summed E-state index contributed by atoms with van der Waals surface area (Å²) in [5.41, 5.74) is 0.451. The van der Waals surface area contributed by atoms with Crippen LogP contribution in [0.2, 0.25) is 0 Å². The standard InChI is InChI=1S/C21H27NO4/c1-13(23)10-15-11-16(14-8-6-5-7-9-14)19-17(15)12-18(24)22(19)20(25)26-21(2,3)4/h5-9,15-17,19H,10-12H2,1-4H3/t15-,16+,17-,19+/m1/s1. The van der Waals surface area contributed by atoms with Crippen molar-refractivity contribution < 1.29 is 19.1 Å². The Bertz CT molecular complexity index is 706. The predicted molar refractivity (Wildman–Crippen MR) is 97.6 cm³/mol. The molecule has 1 aromatic carbocycles. The summed E-state index contributed by atoms with van der Waals surface area (Å²) in [6.45, 7) is 6.98. The first-order valence-corrected chi connectivity index (χ1v) is 9.27. The van der Waals surface area contributed by atoms with Crippen LogP contribution < -0.4 is 0 Å². The zero-order valence-electron chi connectivity index (χ0n) is 15.9. The molecule has 1 saturated heterocycles. The number of hydrogen-bond acceptors (Lipinski definition) is 4. The van der Waals surface area contributed by atoms with Crippen LogP contribution in [0.15, 0.2) is 30.3 Å². The summed E-state index contributed by atoms with van der Waals surface area (Å²) in [4.78, 5) is 38.5. The van der Waals surface area contributed by atoms with Crippen LogP contribution >= 0.6 is 0 Å². The number of Topliss-reactive ketones (excluding diaryl/α,β-unsaturated/α-hetero) is 1. The first-order chi connectivity index (χ1) is 12.2. The molecule has 2 aliphatic rings. The monoisotopic (exact) mass is 357 g/mol. The maximum absolute atomic E-state index is 12.7. The molecule has 1 heterocycles. The van der Waals surface area contributed by atoms with Gasteiger partial charge in [0.25, 0.3) is 0 Å². The Balaban J connectivity index is 1.94. The molecule has 4 atom stereocenters. The number of rotatable bonds is 3. The third-order valence-electron chi connectivity index (χ3n) is 5.36. The van der Waals surface area contributed by atoms with Gasteiger partial charge in [-0.1, -0.05) is 30.3 Å². The summed E-state index contributed by atoms with van der Waals surface area (Å²) in [5.74, 6) is 0.127. The van der Waals surface area contributed by atoms with E-state index in [1.54, 1.807) is 27.7 Å². The average Bonchev–Trinajstić information content (AvgIpc) is 3.02. The maximum atomic E-state index is 12.7. The second-order valence-corrected chi connectivity index (χ2v) is 8.52. The van der Waals surface area contributed by atoms with Crippen molar-refractivity contribution >= 4 is 17.8 Å². The third-order valence-corrected chi connectivity index (χ3v) is 5.36. The summed E-state index contributed by atoms with van der Waals surface area (Å²) >= 11 is 0. The summed E-state index contributed by atoms with van der Waals surface area (Å²) in [7, 11) is 0. The molecule has 0 N–H and O–H groups in total. The number of carbonyl (C=O) groups excluding carboxylic acids is 3. The lowest BCUT2D eigenvalue weighted by Crippen LogP contribution is -2.44. The van der Waals surface area contributed by atoms with Gasteiger partial charge in [-0.2, -0.15) is 0 Å². The van der Waals surface area contributed by atoms with Crippen LogP contribution in [0.1, 0.15) is 58.4 Å². The third kappa shape index (κ3) is 3.67. The number of imide groups is 1. The van der Waals surface area contributed by atoms with Crippen LogP contribution in [0.3, 0.4) is 0 Å². The summed E-state index contributed by atoms with van der Waals surface area (Å²) < 4.78 is 5.50. The Kier molecular flexibility index (Phi) is 4.91. The normalized spacial score (nSPS) is 28.2.